The van der Waals surface area contributed by atoms with Gasteiger partial charge in [-0.15, -0.1) is 5.10 Å². The fraction of sp³-hybridized carbons (Fsp3) is 0.286. The number of anilines is 1. The largest absolute Gasteiger partial charge is 0.280 e. The smallest absolute Gasteiger partial charge is 0.268 e. The Labute approximate surface area is 89.3 Å². The fourth-order valence-electron chi connectivity index (χ4n) is 1.16. The predicted molar refractivity (Wildman–Crippen MR) is 49.8 cm³/mol. The van der Waals surface area contributed by atoms with E-state index in [1.807, 2.05) is 0 Å². The lowest BCUT2D eigenvalue weighted by Gasteiger charge is -2.07. The summed E-state index contributed by atoms with van der Waals surface area (Å²) in [6.45, 7) is 1.47. The second-order valence-corrected chi connectivity index (χ2v) is 3.34. The van der Waals surface area contributed by atoms with Crippen LogP contribution in [-0.4, -0.2) is 32.0 Å². The van der Waals surface area contributed by atoms with Gasteiger partial charge in [-0.1, -0.05) is 16.7 Å². The molecule has 1 aliphatic heterocycles. The van der Waals surface area contributed by atoms with Crippen LogP contribution in [0.2, 0.25) is 0 Å². The number of halogens is 1. The van der Waals surface area contributed by atoms with Gasteiger partial charge in [0.25, 0.3) is 17.8 Å². The van der Waals surface area contributed by atoms with E-state index in [4.69, 9.17) is 11.6 Å². The average Bonchev–Trinajstić information content (AvgIpc) is 2.68. The molecule has 0 unspecified atom stereocenters. The van der Waals surface area contributed by atoms with E-state index in [1.165, 1.54) is 14.0 Å². The Morgan fingerprint density at radius 1 is 1.27 bits per heavy atom. The number of amides is 2. The first-order chi connectivity index (χ1) is 7.02. The summed E-state index contributed by atoms with van der Waals surface area (Å²) in [4.78, 5) is 25.1. The molecule has 0 aromatic carbocycles. The van der Waals surface area contributed by atoms with Gasteiger partial charge in [-0.2, -0.15) is 4.80 Å². The van der Waals surface area contributed by atoms with Crippen LogP contribution in [0.15, 0.2) is 10.6 Å². The van der Waals surface area contributed by atoms with Crippen molar-refractivity contribution < 1.29 is 9.59 Å². The van der Waals surface area contributed by atoms with Gasteiger partial charge in [0.15, 0.2) is 0 Å². The molecule has 0 atom stereocenters. The summed E-state index contributed by atoms with van der Waals surface area (Å²) < 4.78 is 0. The van der Waals surface area contributed by atoms with Crippen molar-refractivity contribution in [1.82, 2.24) is 20.2 Å². The molecule has 0 bridgehead atoms. The highest BCUT2D eigenvalue weighted by Crippen LogP contribution is 2.25. The van der Waals surface area contributed by atoms with Crippen molar-refractivity contribution >= 4 is 29.4 Å². The molecule has 0 N–H and O–H groups in total. The predicted octanol–water partition coefficient (Wildman–Crippen LogP) is -0.404. The first-order valence-corrected chi connectivity index (χ1v) is 4.39. The lowest BCUT2D eigenvalue weighted by Crippen LogP contribution is -2.32. The molecule has 0 fully saturated rings. The summed E-state index contributed by atoms with van der Waals surface area (Å²) in [5.74, 6) is -1.20. The van der Waals surface area contributed by atoms with Crippen LogP contribution < -0.4 is 4.90 Å². The number of nitrogens with zero attached hydrogens (tertiary/aromatic N) is 5. The topological polar surface area (TPSA) is 81.0 Å². The summed E-state index contributed by atoms with van der Waals surface area (Å²) in [5.41, 5.74) is 0.189. The van der Waals surface area contributed by atoms with E-state index in [0.717, 1.165) is 9.70 Å². The molecule has 1 aromatic heterocycles. The molecule has 0 saturated heterocycles. The van der Waals surface area contributed by atoms with Gasteiger partial charge in [0.05, 0.1) is 7.05 Å². The second kappa shape index (κ2) is 3.13. The lowest BCUT2D eigenvalue weighted by atomic mass is 10.3. The van der Waals surface area contributed by atoms with Gasteiger partial charge in [-0.3, -0.25) is 9.59 Å². The van der Waals surface area contributed by atoms with Crippen molar-refractivity contribution in [3.63, 3.8) is 0 Å². The number of carbonyl (C=O) groups excluding carboxylic acids is 2. The van der Waals surface area contributed by atoms with E-state index in [9.17, 15) is 9.59 Å². The molecule has 0 radical (unpaired) electrons. The summed E-state index contributed by atoms with van der Waals surface area (Å²) in [7, 11) is 1.53. The Morgan fingerprint density at radius 3 is 2.33 bits per heavy atom. The third-order valence-corrected chi connectivity index (χ3v) is 2.39. The van der Waals surface area contributed by atoms with E-state index in [2.05, 4.69) is 15.4 Å². The standard InChI is InChI=1S/C7H6ClN5O2/c1-3-4(8)6(15)13(5(3)14)7-9-11-12(2)10-7/h1-2H3. The highest BCUT2D eigenvalue weighted by atomic mass is 35.5. The molecular weight excluding hydrogens is 222 g/mol. The molecular formula is C7H6ClN5O2. The monoisotopic (exact) mass is 227 g/mol. The first-order valence-electron chi connectivity index (χ1n) is 4.01. The third kappa shape index (κ3) is 1.32. The van der Waals surface area contributed by atoms with Crippen LogP contribution in [0.5, 0.6) is 0 Å². The van der Waals surface area contributed by atoms with E-state index >= 15 is 0 Å². The number of imide groups is 1. The van der Waals surface area contributed by atoms with Crippen molar-refractivity contribution in [1.29, 1.82) is 0 Å². The van der Waals surface area contributed by atoms with Crippen LogP contribution in [0.3, 0.4) is 0 Å². The zero-order valence-electron chi connectivity index (χ0n) is 7.93. The van der Waals surface area contributed by atoms with Crippen molar-refractivity contribution in [2.75, 3.05) is 4.90 Å². The number of carbonyl (C=O) groups is 2. The summed E-state index contributed by atoms with van der Waals surface area (Å²) in [6, 6.07) is 0. The molecule has 78 valence electrons. The highest BCUT2D eigenvalue weighted by Gasteiger charge is 2.38. The van der Waals surface area contributed by atoms with Crippen LogP contribution in [0.4, 0.5) is 5.95 Å². The van der Waals surface area contributed by atoms with Crippen LogP contribution >= 0.6 is 11.6 Å². The Bertz CT molecular complexity index is 467. The molecule has 0 saturated carbocycles. The van der Waals surface area contributed by atoms with Crippen molar-refractivity contribution in [2.45, 2.75) is 6.92 Å². The molecule has 1 aliphatic rings. The Morgan fingerprint density at radius 2 is 1.93 bits per heavy atom. The van der Waals surface area contributed by atoms with Crippen molar-refractivity contribution in [3.8, 4) is 0 Å². The van der Waals surface area contributed by atoms with E-state index in [0.29, 0.717) is 0 Å². The average molecular weight is 228 g/mol. The Hall–Kier alpha value is -1.76. The van der Waals surface area contributed by atoms with Gasteiger partial charge >= 0.3 is 0 Å². The molecule has 15 heavy (non-hydrogen) atoms. The minimum absolute atomic E-state index is 0.0671. The molecule has 2 heterocycles. The van der Waals surface area contributed by atoms with Crippen LogP contribution in [0, 0.1) is 0 Å². The van der Waals surface area contributed by atoms with E-state index < -0.39 is 11.8 Å². The number of tetrazole rings is 1. The van der Waals surface area contributed by atoms with Crippen molar-refractivity contribution in [3.05, 3.63) is 10.6 Å². The quantitative estimate of drug-likeness (QED) is 0.610. The van der Waals surface area contributed by atoms with Gasteiger partial charge in [0.2, 0.25) is 0 Å². The molecule has 0 spiro atoms. The Balaban J connectivity index is 2.43. The van der Waals surface area contributed by atoms with Crippen LogP contribution in [0.1, 0.15) is 6.92 Å². The minimum atomic E-state index is -0.618. The minimum Gasteiger partial charge on any atom is -0.268 e. The van der Waals surface area contributed by atoms with Gasteiger partial charge in [0, 0.05) is 5.57 Å². The maximum atomic E-state index is 11.6. The van der Waals surface area contributed by atoms with E-state index in [1.54, 1.807) is 0 Å². The highest BCUT2D eigenvalue weighted by molar-refractivity contribution is 6.52. The molecule has 8 heteroatoms. The number of rotatable bonds is 1. The number of aryl methyl sites for hydroxylation is 1. The third-order valence-electron chi connectivity index (χ3n) is 1.94. The lowest BCUT2D eigenvalue weighted by molar-refractivity contribution is -0.120. The summed E-state index contributed by atoms with van der Waals surface area (Å²) >= 11 is 5.64. The van der Waals surface area contributed by atoms with Gasteiger partial charge < -0.3 is 0 Å². The van der Waals surface area contributed by atoms with Gasteiger partial charge in [0.1, 0.15) is 5.03 Å². The van der Waals surface area contributed by atoms with Crippen molar-refractivity contribution in [2.24, 2.45) is 7.05 Å². The maximum absolute atomic E-state index is 11.6. The molecule has 2 rings (SSSR count). The fourth-order valence-corrected chi connectivity index (χ4v) is 1.32. The number of hydrogen-bond acceptors (Lipinski definition) is 5. The summed E-state index contributed by atoms with van der Waals surface area (Å²) in [6.07, 6.45) is 0. The molecule has 2 amide bonds. The van der Waals surface area contributed by atoms with Crippen LogP contribution in [-0.2, 0) is 16.6 Å². The van der Waals surface area contributed by atoms with Gasteiger partial charge in [-0.05, 0) is 12.1 Å². The number of hydrogen-bond donors (Lipinski definition) is 0. The first kappa shape index (κ1) is 9.78. The number of aromatic nitrogens is 4. The molecule has 1 aromatic rings. The van der Waals surface area contributed by atoms with Gasteiger partial charge in [-0.25, -0.2) is 4.90 Å². The SMILES string of the molecule is CC1=C(Cl)C(=O)N(c2nnn(C)n2)C1=O. The van der Waals surface area contributed by atoms with E-state index in [-0.39, 0.29) is 16.6 Å². The second-order valence-electron chi connectivity index (χ2n) is 2.96. The normalized spacial score (nSPS) is 16.9. The zero-order valence-corrected chi connectivity index (χ0v) is 8.69. The molecule has 0 aliphatic carbocycles. The summed E-state index contributed by atoms with van der Waals surface area (Å²) in [5, 5.41) is 10.7. The van der Waals surface area contributed by atoms with Crippen LogP contribution in [0.25, 0.3) is 0 Å². The molecule has 7 nitrogen and oxygen atoms in total. The zero-order chi connectivity index (χ0) is 11.2. The maximum Gasteiger partial charge on any atom is 0.280 e. The Kier molecular flexibility index (Phi) is 2.04.